The van der Waals surface area contributed by atoms with Crippen LogP contribution in [0, 0.1) is 0 Å². The number of fused-ring (bicyclic) bond motifs is 1. The van der Waals surface area contributed by atoms with Crippen LogP contribution in [0.4, 0.5) is 0 Å². The van der Waals surface area contributed by atoms with Crippen molar-refractivity contribution in [3.63, 3.8) is 0 Å². The SMILES string of the molecule is COc1ccc(CN(Cc2cccc3cccnc23)CC(C)O)cc1OC.O=C(O)CC(O)(CC(=O)O)C(=O)O. The molecule has 3 aromatic rings. The van der Waals surface area contributed by atoms with Crippen molar-refractivity contribution in [3.8, 4) is 11.5 Å². The molecule has 1 heterocycles. The molecule has 12 nitrogen and oxygen atoms in total. The number of aliphatic carboxylic acids is 3. The molecule has 216 valence electrons. The molecule has 0 aliphatic carbocycles. The molecule has 2 aromatic carbocycles. The summed E-state index contributed by atoms with van der Waals surface area (Å²) in [5.41, 5.74) is 0.510. The summed E-state index contributed by atoms with van der Waals surface area (Å²) in [6, 6.07) is 16.2. The third-order valence-electron chi connectivity index (χ3n) is 5.77. The van der Waals surface area contributed by atoms with Gasteiger partial charge in [-0.3, -0.25) is 19.5 Å². The van der Waals surface area contributed by atoms with Gasteiger partial charge in [0.25, 0.3) is 0 Å². The van der Waals surface area contributed by atoms with Gasteiger partial charge in [-0.2, -0.15) is 0 Å². The molecule has 0 radical (unpaired) electrons. The maximum atomic E-state index is 10.3. The lowest BCUT2D eigenvalue weighted by molar-refractivity contribution is -0.170. The van der Waals surface area contributed by atoms with Crippen molar-refractivity contribution in [2.75, 3.05) is 20.8 Å². The van der Waals surface area contributed by atoms with Crippen LogP contribution in [0.1, 0.15) is 30.9 Å². The van der Waals surface area contributed by atoms with Crippen LogP contribution in [0.3, 0.4) is 0 Å². The average molecular weight is 559 g/mol. The first-order valence-electron chi connectivity index (χ1n) is 12.2. The van der Waals surface area contributed by atoms with E-state index < -0.39 is 42.5 Å². The molecule has 40 heavy (non-hydrogen) atoms. The predicted octanol–water partition coefficient (Wildman–Crippen LogP) is 2.39. The van der Waals surface area contributed by atoms with E-state index in [1.807, 2.05) is 37.4 Å². The van der Waals surface area contributed by atoms with E-state index in [-0.39, 0.29) is 0 Å². The zero-order chi connectivity index (χ0) is 29.9. The lowest BCUT2D eigenvalue weighted by Gasteiger charge is -2.25. The first-order valence-corrected chi connectivity index (χ1v) is 12.2. The molecule has 1 aromatic heterocycles. The summed E-state index contributed by atoms with van der Waals surface area (Å²) in [4.78, 5) is 37.2. The quantitative estimate of drug-likeness (QED) is 0.206. The molecule has 1 atom stereocenters. The summed E-state index contributed by atoms with van der Waals surface area (Å²) < 4.78 is 10.7. The number of hydrogen-bond donors (Lipinski definition) is 5. The first kappa shape index (κ1) is 32.0. The average Bonchev–Trinajstić information content (AvgIpc) is 2.87. The third-order valence-corrected chi connectivity index (χ3v) is 5.77. The fraction of sp³-hybridized carbons (Fsp3) is 0.357. The van der Waals surface area contributed by atoms with E-state index in [1.165, 1.54) is 0 Å². The Labute approximate surface area is 231 Å². The normalized spacial score (nSPS) is 11.8. The second-order valence-corrected chi connectivity index (χ2v) is 9.18. The molecule has 3 rings (SSSR count). The van der Waals surface area contributed by atoms with Gasteiger partial charge in [0.05, 0.1) is 38.7 Å². The van der Waals surface area contributed by atoms with E-state index in [0.717, 1.165) is 22.0 Å². The molecule has 5 N–H and O–H groups in total. The number of hydrogen-bond acceptors (Lipinski definition) is 9. The molecule has 0 aliphatic heterocycles. The van der Waals surface area contributed by atoms with E-state index in [1.54, 1.807) is 14.2 Å². The van der Waals surface area contributed by atoms with Crippen molar-refractivity contribution < 1.29 is 49.4 Å². The van der Waals surface area contributed by atoms with Crippen LogP contribution in [-0.4, -0.2) is 85.8 Å². The minimum absolute atomic E-state index is 0.423. The molecule has 0 spiro atoms. The van der Waals surface area contributed by atoms with E-state index >= 15 is 0 Å². The highest BCUT2D eigenvalue weighted by Crippen LogP contribution is 2.28. The van der Waals surface area contributed by atoms with Gasteiger partial charge in [0.2, 0.25) is 0 Å². The number of aromatic nitrogens is 1. The molecular formula is C28H34N2O10. The number of para-hydroxylation sites is 1. The van der Waals surface area contributed by atoms with Crippen molar-refractivity contribution >= 4 is 28.8 Å². The number of benzene rings is 2. The molecule has 1 unspecified atom stereocenters. The van der Waals surface area contributed by atoms with Crippen LogP contribution in [0.2, 0.25) is 0 Å². The molecule has 12 heteroatoms. The zero-order valence-corrected chi connectivity index (χ0v) is 22.5. The summed E-state index contributed by atoms with van der Waals surface area (Å²) in [6.07, 6.45) is -0.893. The van der Waals surface area contributed by atoms with Crippen LogP contribution in [-0.2, 0) is 27.5 Å². The minimum Gasteiger partial charge on any atom is -0.493 e. The van der Waals surface area contributed by atoms with E-state index in [2.05, 4.69) is 34.1 Å². The smallest absolute Gasteiger partial charge is 0.336 e. The number of carboxylic acid groups (broad SMARTS) is 3. The number of nitrogens with zero attached hydrogens (tertiary/aromatic N) is 2. The van der Waals surface area contributed by atoms with E-state index in [0.29, 0.717) is 31.1 Å². The lowest BCUT2D eigenvalue weighted by Crippen LogP contribution is -2.42. The predicted molar refractivity (Wildman–Crippen MR) is 144 cm³/mol. The molecule has 0 saturated heterocycles. The zero-order valence-electron chi connectivity index (χ0n) is 22.5. The van der Waals surface area contributed by atoms with Gasteiger partial charge in [0.15, 0.2) is 17.1 Å². The molecule has 0 bridgehead atoms. The van der Waals surface area contributed by atoms with E-state index in [4.69, 9.17) is 29.9 Å². The van der Waals surface area contributed by atoms with Crippen molar-refractivity contribution in [2.45, 2.75) is 44.6 Å². The van der Waals surface area contributed by atoms with Gasteiger partial charge in [-0.1, -0.05) is 30.3 Å². The van der Waals surface area contributed by atoms with Gasteiger partial charge in [-0.15, -0.1) is 0 Å². The molecule has 0 amide bonds. The van der Waals surface area contributed by atoms with Crippen molar-refractivity contribution in [3.05, 3.63) is 65.9 Å². The number of pyridine rings is 1. The van der Waals surface area contributed by atoms with Crippen LogP contribution in [0.5, 0.6) is 11.5 Å². The number of carbonyl (C=O) groups is 3. The maximum Gasteiger partial charge on any atom is 0.336 e. The Morgan fingerprint density at radius 3 is 2.10 bits per heavy atom. The number of ether oxygens (including phenoxy) is 2. The van der Waals surface area contributed by atoms with Crippen molar-refractivity contribution in [1.29, 1.82) is 0 Å². The molecule has 0 saturated carbocycles. The third kappa shape index (κ3) is 9.49. The first-order chi connectivity index (χ1) is 18.9. The molecular weight excluding hydrogens is 524 g/mol. The van der Waals surface area contributed by atoms with Crippen LogP contribution in [0.25, 0.3) is 10.9 Å². The second kappa shape index (κ2) is 14.8. The fourth-order valence-corrected chi connectivity index (χ4v) is 4.05. The number of rotatable bonds is 13. The van der Waals surface area contributed by atoms with Gasteiger partial charge in [-0.25, -0.2) is 4.79 Å². The summed E-state index contributed by atoms with van der Waals surface area (Å²) in [5.74, 6) is -3.60. The second-order valence-electron chi connectivity index (χ2n) is 9.18. The largest absolute Gasteiger partial charge is 0.493 e. The standard InChI is InChI=1S/C22H26N2O3.C6H8O7/c1-16(25)13-24(14-17-9-10-20(26-2)21(12-17)27-3)15-19-7-4-6-18-8-5-11-23-22(18)19;7-3(8)1-6(13,5(11)12)2-4(9)10/h4-12,16,25H,13-15H2,1-3H3;13H,1-2H2,(H,7,8)(H,9,10)(H,11,12). The number of carboxylic acids is 3. The Morgan fingerprint density at radius 2 is 1.55 bits per heavy atom. The molecule has 0 aliphatic rings. The Hall–Kier alpha value is -4.26. The number of aliphatic hydroxyl groups excluding tert-OH is 1. The van der Waals surface area contributed by atoms with Crippen LogP contribution >= 0.6 is 0 Å². The Kier molecular flexibility index (Phi) is 11.8. The topological polar surface area (TPSA) is 187 Å². The monoisotopic (exact) mass is 558 g/mol. The van der Waals surface area contributed by atoms with Gasteiger partial charge >= 0.3 is 17.9 Å². The Balaban J connectivity index is 0.000000366. The highest BCUT2D eigenvalue weighted by Gasteiger charge is 2.40. The summed E-state index contributed by atoms with van der Waals surface area (Å²) in [6.45, 7) is 3.77. The van der Waals surface area contributed by atoms with Crippen LogP contribution in [0.15, 0.2) is 54.7 Å². The van der Waals surface area contributed by atoms with Crippen LogP contribution < -0.4 is 9.47 Å². The van der Waals surface area contributed by atoms with Gasteiger partial charge in [-0.05, 0) is 36.2 Å². The Bertz CT molecular complexity index is 1290. The Morgan fingerprint density at radius 1 is 0.925 bits per heavy atom. The summed E-state index contributed by atoms with van der Waals surface area (Å²) in [7, 11) is 3.27. The van der Waals surface area contributed by atoms with Gasteiger partial charge < -0.3 is 35.0 Å². The van der Waals surface area contributed by atoms with Gasteiger partial charge in [0.1, 0.15) is 0 Å². The highest BCUT2D eigenvalue weighted by atomic mass is 16.5. The van der Waals surface area contributed by atoms with Crippen molar-refractivity contribution in [2.24, 2.45) is 0 Å². The highest BCUT2D eigenvalue weighted by molar-refractivity contribution is 5.88. The number of aliphatic hydroxyl groups is 2. The van der Waals surface area contributed by atoms with Crippen molar-refractivity contribution in [1.82, 2.24) is 9.88 Å². The van der Waals surface area contributed by atoms with E-state index in [9.17, 15) is 19.5 Å². The summed E-state index contributed by atoms with van der Waals surface area (Å²) >= 11 is 0. The maximum absolute atomic E-state index is 10.3. The lowest BCUT2D eigenvalue weighted by atomic mass is 9.96. The molecule has 0 fully saturated rings. The van der Waals surface area contributed by atoms with Gasteiger partial charge in [0, 0.05) is 31.2 Å². The fourth-order valence-electron chi connectivity index (χ4n) is 4.05. The summed E-state index contributed by atoms with van der Waals surface area (Å²) in [5, 5.41) is 44.9. The number of methoxy groups -OCH3 is 2. The minimum atomic E-state index is -2.74.